The van der Waals surface area contributed by atoms with Gasteiger partial charge in [-0.1, -0.05) is 6.92 Å². The molecule has 0 spiro atoms. The summed E-state index contributed by atoms with van der Waals surface area (Å²) in [7, 11) is 0. The second-order valence-corrected chi connectivity index (χ2v) is 5.80. The van der Waals surface area contributed by atoms with Gasteiger partial charge in [-0.05, 0) is 49.0 Å². The van der Waals surface area contributed by atoms with Crippen molar-refractivity contribution in [3.8, 4) is 0 Å². The molecule has 1 aliphatic rings. The van der Waals surface area contributed by atoms with Crippen LogP contribution in [0.2, 0.25) is 0 Å². The number of ether oxygens (including phenoxy) is 1. The highest BCUT2D eigenvalue weighted by Gasteiger charge is 2.29. The Morgan fingerprint density at radius 3 is 2.68 bits per heavy atom. The van der Waals surface area contributed by atoms with Crippen LogP contribution in [-0.4, -0.2) is 28.5 Å². The van der Waals surface area contributed by atoms with E-state index in [9.17, 15) is 0 Å². The smallest absolute Gasteiger partial charge is 0.0767 e. The Morgan fingerprint density at radius 2 is 2.11 bits per heavy atom. The molecule has 1 saturated carbocycles. The summed E-state index contributed by atoms with van der Waals surface area (Å²) in [4.78, 5) is 0. The van der Waals surface area contributed by atoms with E-state index in [1.165, 1.54) is 10.2 Å². The number of halogens is 1. The topological polar surface area (TPSA) is 39.1 Å². The lowest BCUT2D eigenvalue weighted by Gasteiger charge is -2.35. The highest BCUT2D eigenvalue weighted by atomic mass is 79.9. The zero-order valence-electron chi connectivity index (χ0n) is 12.1. The average molecular weight is 330 g/mol. The predicted octanol–water partition coefficient (Wildman–Crippen LogP) is 2.89. The van der Waals surface area contributed by atoms with Gasteiger partial charge in [0.25, 0.3) is 0 Å². The van der Waals surface area contributed by atoms with Crippen molar-refractivity contribution in [3.05, 3.63) is 15.9 Å². The number of nitrogens with zero attached hydrogens (tertiary/aromatic N) is 2. The second kappa shape index (κ2) is 6.86. The quantitative estimate of drug-likeness (QED) is 0.836. The van der Waals surface area contributed by atoms with E-state index < -0.39 is 0 Å². The highest BCUT2D eigenvalue weighted by Crippen LogP contribution is 2.26. The Morgan fingerprint density at radius 1 is 1.37 bits per heavy atom. The van der Waals surface area contributed by atoms with Crippen LogP contribution in [0.4, 0.5) is 0 Å². The average Bonchev–Trinajstić information content (AvgIpc) is 2.68. The first-order chi connectivity index (χ1) is 9.19. The van der Waals surface area contributed by atoms with Crippen LogP contribution in [0.25, 0.3) is 0 Å². The van der Waals surface area contributed by atoms with Crippen LogP contribution in [0.1, 0.15) is 45.0 Å². The molecule has 1 aromatic heterocycles. The van der Waals surface area contributed by atoms with Crippen LogP contribution < -0.4 is 5.32 Å². The standard InChI is InChI=1S/C14H24BrN3O/c1-4-12-14(15)13(18(5-2)17-12)9-16-10-7-11(8-10)19-6-3/h10-11,16H,4-9H2,1-3H3. The molecule has 2 rings (SSSR count). The fourth-order valence-electron chi connectivity index (χ4n) is 2.53. The number of hydrogen-bond acceptors (Lipinski definition) is 3. The van der Waals surface area contributed by atoms with Crippen molar-refractivity contribution >= 4 is 15.9 Å². The van der Waals surface area contributed by atoms with Crippen molar-refractivity contribution < 1.29 is 4.74 Å². The Balaban J connectivity index is 1.88. The summed E-state index contributed by atoms with van der Waals surface area (Å²) in [5.74, 6) is 0. The third-order valence-corrected chi connectivity index (χ3v) is 4.66. The lowest BCUT2D eigenvalue weighted by Crippen LogP contribution is -2.45. The van der Waals surface area contributed by atoms with E-state index in [2.05, 4.69) is 51.8 Å². The first-order valence-electron chi connectivity index (χ1n) is 7.28. The molecule has 0 aromatic carbocycles. The van der Waals surface area contributed by atoms with E-state index in [0.717, 1.165) is 44.7 Å². The molecular formula is C14H24BrN3O. The Labute approximate surface area is 124 Å². The van der Waals surface area contributed by atoms with Gasteiger partial charge in [-0.15, -0.1) is 0 Å². The summed E-state index contributed by atoms with van der Waals surface area (Å²) < 4.78 is 8.85. The molecule has 1 fully saturated rings. The highest BCUT2D eigenvalue weighted by molar-refractivity contribution is 9.10. The molecule has 0 amide bonds. The van der Waals surface area contributed by atoms with Crippen molar-refractivity contribution in [2.24, 2.45) is 0 Å². The number of rotatable bonds is 7. The largest absolute Gasteiger partial charge is 0.378 e. The molecule has 0 aliphatic heterocycles. The van der Waals surface area contributed by atoms with E-state index in [-0.39, 0.29) is 0 Å². The summed E-state index contributed by atoms with van der Waals surface area (Å²) in [6.07, 6.45) is 3.70. The van der Waals surface area contributed by atoms with Crippen LogP contribution >= 0.6 is 15.9 Å². The normalized spacial score (nSPS) is 22.5. The first kappa shape index (κ1) is 15.0. The SMILES string of the molecule is CCOC1CC(NCc2c(Br)c(CC)nn2CC)C1. The molecule has 0 unspecified atom stereocenters. The Bertz CT molecular complexity index is 413. The van der Waals surface area contributed by atoms with Gasteiger partial charge in [0.2, 0.25) is 0 Å². The number of aryl methyl sites for hydroxylation is 2. The van der Waals surface area contributed by atoms with Gasteiger partial charge in [-0.3, -0.25) is 4.68 Å². The number of nitrogens with one attached hydrogen (secondary N) is 1. The zero-order valence-corrected chi connectivity index (χ0v) is 13.7. The molecule has 4 nitrogen and oxygen atoms in total. The molecule has 0 bridgehead atoms. The molecule has 5 heteroatoms. The summed E-state index contributed by atoms with van der Waals surface area (Å²) >= 11 is 3.68. The predicted molar refractivity (Wildman–Crippen MR) is 80.3 cm³/mol. The molecule has 108 valence electrons. The summed E-state index contributed by atoms with van der Waals surface area (Å²) in [6.45, 7) is 8.96. The molecule has 0 atom stereocenters. The fraction of sp³-hybridized carbons (Fsp3) is 0.786. The zero-order chi connectivity index (χ0) is 13.8. The molecule has 19 heavy (non-hydrogen) atoms. The lowest BCUT2D eigenvalue weighted by molar-refractivity contribution is -0.0103. The maximum absolute atomic E-state index is 5.58. The summed E-state index contributed by atoms with van der Waals surface area (Å²) in [5, 5.41) is 8.22. The minimum Gasteiger partial charge on any atom is -0.378 e. The third-order valence-electron chi connectivity index (χ3n) is 3.75. The van der Waals surface area contributed by atoms with Gasteiger partial charge in [0.15, 0.2) is 0 Å². The molecule has 0 radical (unpaired) electrons. The van der Waals surface area contributed by atoms with Crippen molar-refractivity contribution in [2.75, 3.05) is 6.61 Å². The second-order valence-electron chi connectivity index (χ2n) is 5.00. The van der Waals surface area contributed by atoms with Crippen LogP contribution in [0.15, 0.2) is 4.47 Å². The van der Waals surface area contributed by atoms with Crippen LogP contribution in [0, 0.1) is 0 Å². The van der Waals surface area contributed by atoms with E-state index in [1.807, 2.05) is 0 Å². The Kier molecular flexibility index (Phi) is 5.42. The van der Waals surface area contributed by atoms with Gasteiger partial charge in [-0.25, -0.2) is 0 Å². The summed E-state index contributed by atoms with van der Waals surface area (Å²) in [5.41, 5.74) is 2.42. The summed E-state index contributed by atoms with van der Waals surface area (Å²) in [6, 6.07) is 0.591. The number of hydrogen-bond donors (Lipinski definition) is 1. The van der Waals surface area contributed by atoms with Crippen molar-refractivity contribution in [1.82, 2.24) is 15.1 Å². The van der Waals surface area contributed by atoms with E-state index in [1.54, 1.807) is 0 Å². The van der Waals surface area contributed by atoms with E-state index in [0.29, 0.717) is 12.1 Å². The van der Waals surface area contributed by atoms with E-state index >= 15 is 0 Å². The molecular weight excluding hydrogens is 306 g/mol. The van der Waals surface area contributed by atoms with Gasteiger partial charge >= 0.3 is 0 Å². The molecule has 0 saturated heterocycles. The van der Waals surface area contributed by atoms with Gasteiger partial charge in [0.05, 0.1) is 22.0 Å². The Hall–Kier alpha value is -0.390. The van der Waals surface area contributed by atoms with Gasteiger partial charge in [0, 0.05) is 25.7 Å². The van der Waals surface area contributed by atoms with Crippen molar-refractivity contribution in [3.63, 3.8) is 0 Å². The van der Waals surface area contributed by atoms with Gasteiger partial charge < -0.3 is 10.1 Å². The minimum atomic E-state index is 0.466. The van der Waals surface area contributed by atoms with Crippen molar-refractivity contribution in [2.45, 2.75) is 65.3 Å². The van der Waals surface area contributed by atoms with Gasteiger partial charge in [0.1, 0.15) is 0 Å². The first-order valence-corrected chi connectivity index (χ1v) is 8.07. The number of aromatic nitrogens is 2. The maximum atomic E-state index is 5.58. The van der Waals surface area contributed by atoms with Crippen LogP contribution in [0.5, 0.6) is 0 Å². The lowest BCUT2D eigenvalue weighted by atomic mass is 9.89. The minimum absolute atomic E-state index is 0.466. The third kappa shape index (κ3) is 3.38. The maximum Gasteiger partial charge on any atom is 0.0767 e. The molecule has 1 N–H and O–H groups in total. The molecule has 1 heterocycles. The van der Waals surface area contributed by atoms with Crippen LogP contribution in [-0.2, 0) is 24.2 Å². The van der Waals surface area contributed by atoms with E-state index in [4.69, 9.17) is 4.74 Å². The molecule has 1 aliphatic carbocycles. The fourth-order valence-corrected chi connectivity index (χ4v) is 3.24. The van der Waals surface area contributed by atoms with Crippen LogP contribution in [0.3, 0.4) is 0 Å². The monoisotopic (exact) mass is 329 g/mol. The molecule has 1 aromatic rings. The van der Waals surface area contributed by atoms with Gasteiger partial charge in [-0.2, -0.15) is 5.10 Å². The van der Waals surface area contributed by atoms with Crippen molar-refractivity contribution in [1.29, 1.82) is 0 Å².